The summed E-state index contributed by atoms with van der Waals surface area (Å²) in [6.07, 6.45) is 3.18. The fourth-order valence-corrected chi connectivity index (χ4v) is 4.15. The van der Waals surface area contributed by atoms with Crippen molar-refractivity contribution in [3.8, 4) is 11.6 Å². The molecule has 35 heavy (non-hydrogen) atoms. The molecule has 2 N–H and O–H groups in total. The molecule has 174 valence electrons. The molecule has 0 aliphatic heterocycles. The standard InChI is InChI=1S/C27H21ClN4O3/c1-35-19-9-6-17(7-10-19)16-32-26(33)21-5-3-2-4-20(21)23(27(32)34)15-30-31-24-12-13-29-25-14-18(28)8-11-22(24)25/h2-15,34H,16H2,1H3,(H,29,31). The van der Waals surface area contributed by atoms with Gasteiger partial charge in [0.1, 0.15) is 5.75 Å². The Morgan fingerprint density at radius 3 is 2.60 bits per heavy atom. The van der Waals surface area contributed by atoms with E-state index in [0.717, 1.165) is 22.2 Å². The van der Waals surface area contributed by atoms with Gasteiger partial charge in [0.15, 0.2) is 0 Å². The van der Waals surface area contributed by atoms with Crippen LogP contribution in [0.4, 0.5) is 5.69 Å². The summed E-state index contributed by atoms with van der Waals surface area (Å²) in [5, 5.41) is 18.0. The van der Waals surface area contributed by atoms with Gasteiger partial charge in [-0.2, -0.15) is 5.10 Å². The molecular weight excluding hydrogens is 464 g/mol. The van der Waals surface area contributed by atoms with Crippen molar-refractivity contribution in [2.45, 2.75) is 6.54 Å². The first-order valence-corrected chi connectivity index (χ1v) is 11.2. The Morgan fingerprint density at radius 1 is 1.06 bits per heavy atom. The number of hydrazone groups is 1. The van der Waals surface area contributed by atoms with Crippen LogP contribution in [0.15, 0.2) is 88.9 Å². The van der Waals surface area contributed by atoms with Gasteiger partial charge in [0.2, 0.25) is 5.88 Å². The van der Waals surface area contributed by atoms with Gasteiger partial charge in [-0.25, -0.2) is 0 Å². The number of aromatic nitrogens is 2. The quantitative estimate of drug-likeness (QED) is 0.248. The molecule has 0 aliphatic rings. The van der Waals surface area contributed by atoms with Crippen molar-refractivity contribution < 1.29 is 9.84 Å². The number of rotatable bonds is 6. The van der Waals surface area contributed by atoms with E-state index in [1.165, 1.54) is 10.8 Å². The van der Waals surface area contributed by atoms with Gasteiger partial charge in [-0.3, -0.25) is 19.8 Å². The summed E-state index contributed by atoms with van der Waals surface area (Å²) >= 11 is 6.08. The highest BCUT2D eigenvalue weighted by molar-refractivity contribution is 6.31. The number of hydrogen-bond acceptors (Lipinski definition) is 6. The van der Waals surface area contributed by atoms with Crippen molar-refractivity contribution in [3.63, 3.8) is 0 Å². The normalized spacial score (nSPS) is 11.4. The smallest absolute Gasteiger partial charge is 0.261 e. The van der Waals surface area contributed by atoms with Gasteiger partial charge in [-0.15, -0.1) is 0 Å². The van der Waals surface area contributed by atoms with Crippen LogP contribution in [0.1, 0.15) is 11.1 Å². The SMILES string of the molecule is COc1ccc(Cn2c(O)c(C=NNc3ccnc4cc(Cl)ccc34)c3ccccc3c2=O)cc1. The lowest BCUT2D eigenvalue weighted by molar-refractivity contribution is 0.412. The first kappa shape index (κ1) is 22.4. The molecule has 0 fully saturated rings. The molecule has 0 amide bonds. The lowest BCUT2D eigenvalue weighted by Crippen LogP contribution is -2.22. The first-order chi connectivity index (χ1) is 17.0. The molecule has 0 radical (unpaired) electrons. The summed E-state index contributed by atoms with van der Waals surface area (Å²) in [6, 6.07) is 21.7. The second-order valence-electron chi connectivity index (χ2n) is 7.91. The van der Waals surface area contributed by atoms with Crippen LogP contribution in [0, 0.1) is 0 Å². The number of pyridine rings is 2. The van der Waals surface area contributed by atoms with Gasteiger partial charge >= 0.3 is 0 Å². The fraction of sp³-hybridized carbons (Fsp3) is 0.0741. The highest BCUT2D eigenvalue weighted by Crippen LogP contribution is 2.26. The maximum Gasteiger partial charge on any atom is 0.261 e. The second-order valence-corrected chi connectivity index (χ2v) is 8.35. The van der Waals surface area contributed by atoms with E-state index in [9.17, 15) is 9.90 Å². The Labute approximate surface area is 205 Å². The number of ether oxygens (including phenoxy) is 1. The topological polar surface area (TPSA) is 88.7 Å². The summed E-state index contributed by atoms with van der Waals surface area (Å²) in [7, 11) is 1.60. The predicted octanol–water partition coefficient (Wildman–Crippen LogP) is 5.41. The van der Waals surface area contributed by atoms with E-state index in [4.69, 9.17) is 16.3 Å². The predicted molar refractivity (Wildman–Crippen MR) is 140 cm³/mol. The Bertz CT molecular complexity index is 1630. The second kappa shape index (κ2) is 9.48. The number of nitrogens with one attached hydrogen (secondary N) is 1. The molecule has 2 heterocycles. The van der Waals surface area contributed by atoms with E-state index < -0.39 is 0 Å². The van der Waals surface area contributed by atoms with Gasteiger partial charge in [-0.05, 0) is 48.0 Å². The van der Waals surface area contributed by atoms with Crippen LogP contribution in [-0.4, -0.2) is 28.0 Å². The summed E-state index contributed by atoms with van der Waals surface area (Å²) in [5.74, 6) is 0.551. The highest BCUT2D eigenvalue weighted by Gasteiger charge is 2.15. The van der Waals surface area contributed by atoms with Crippen LogP contribution >= 0.6 is 11.6 Å². The number of halogens is 1. The number of aromatic hydroxyl groups is 1. The number of fused-ring (bicyclic) bond motifs is 2. The molecule has 0 saturated heterocycles. The van der Waals surface area contributed by atoms with Crippen molar-refractivity contribution >= 4 is 45.2 Å². The fourth-order valence-electron chi connectivity index (χ4n) is 3.98. The molecule has 5 aromatic rings. The van der Waals surface area contributed by atoms with Crippen molar-refractivity contribution in [1.82, 2.24) is 9.55 Å². The molecule has 2 aromatic heterocycles. The molecule has 5 rings (SSSR count). The molecule has 0 atom stereocenters. The molecule has 0 spiro atoms. The van der Waals surface area contributed by atoms with Crippen LogP contribution in [0.25, 0.3) is 21.7 Å². The van der Waals surface area contributed by atoms with E-state index in [0.29, 0.717) is 27.1 Å². The lowest BCUT2D eigenvalue weighted by Gasteiger charge is -2.14. The van der Waals surface area contributed by atoms with Crippen molar-refractivity contribution in [2.75, 3.05) is 12.5 Å². The first-order valence-electron chi connectivity index (χ1n) is 10.9. The Kier molecular flexibility index (Phi) is 6.08. The van der Waals surface area contributed by atoms with Crippen molar-refractivity contribution in [3.05, 3.63) is 105 Å². The zero-order chi connectivity index (χ0) is 24.4. The summed E-state index contributed by atoms with van der Waals surface area (Å²) in [4.78, 5) is 17.5. The molecule has 0 aliphatic carbocycles. The monoisotopic (exact) mass is 484 g/mol. The minimum absolute atomic E-state index is 0.165. The number of anilines is 1. The molecule has 3 aromatic carbocycles. The van der Waals surface area contributed by atoms with Crippen LogP contribution in [0.2, 0.25) is 5.02 Å². The Morgan fingerprint density at radius 2 is 1.83 bits per heavy atom. The summed E-state index contributed by atoms with van der Waals surface area (Å²) < 4.78 is 6.55. The van der Waals surface area contributed by atoms with Crippen LogP contribution in [0.5, 0.6) is 11.6 Å². The van der Waals surface area contributed by atoms with E-state index in [1.807, 2.05) is 36.4 Å². The maximum absolute atomic E-state index is 13.2. The number of benzene rings is 3. The van der Waals surface area contributed by atoms with Gasteiger partial charge in [0.25, 0.3) is 5.56 Å². The van der Waals surface area contributed by atoms with Crippen molar-refractivity contribution in [1.29, 1.82) is 0 Å². The Hall–Kier alpha value is -4.36. The van der Waals surface area contributed by atoms with Gasteiger partial charge in [-0.1, -0.05) is 41.9 Å². The third kappa shape index (κ3) is 4.41. The summed E-state index contributed by atoms with van der Waals surface area (Å²) in [6.45, 7) is 0.198. The van der Waals surface area contributed by atoms with Gasteiger partial charge < -0.3 is 9.84 Å². The molecule has 0 bridgehead atoms. The number of nitrogens with zero attached hydrogens (tertiary/aromatic N) is 3. The molecule has 8 heteroatoms. The highest BCUT2D eigenvalue weighted by atomic mass is 35.5. The minimum atomic E-state index is -0.281. The maximum atomic E-state index is 13.2. The van der Waals surface area contributed by atoms with Crippen LogP contribution < -0.4 is 15.7 Å². The molecule has 0 saturated carbocycles. The average molecular weight is 485 g/mol. The van der Waals surface area contributed by atoms with Crippen molar-refractivity contribution in [2.24, 2.45) is 5.10 Å². The third-order valence-corrected chi connectivity index (χ3v) is 6.01. The van der Waals surface area contributed by atoms with Crippen LogP contribution in [-0.2, 0) is 6.54 Å². The molecular formula is C27H21ClN4O3. The molecule has 0 unspecified atom stereocenters. The van der Waals surface area contributed by atoms with E-state index in [-0.39, 0.29) is 18.0 Å². The van der Waals surface area contributed by atoms with E-state index in [1.54, 1.807) is 49.7 Å². The largest absolute Gasteiger partial charge is 0.497 e. The summed E-state index contributed by atoms with van der Waals surface area (Å²) in [5.41, 5.74) is 5.49. The third-order valence-electron chi connectivity index (χ3n) is 5.77. The van der Waals surface area contributed by atoms with E-state index in [2.05, 4.69) is 15.5 Å². The van der Waals surface area contributed by atoms with E-state index >= 15 is 0 Å². The van der Waals surface area contributed by atoms with Gasteiger partial charge in [0.05, 0.1) is 36.6 Å². The zero-order valence-corrected chi connectivity index (χ0v) is 19.5. The number of methoxy groups -OCH3 is 1. The van der Waals surface area contributed by atoms with Gasteiger partial charge in [0, 0.05) is 27.4 Å². The molecule has 7 nitrogen and oxygen atoms in total. The minimum Gasteiger partial charge on any atom is -0.497 e. The Balaban J connectivity index is 1.54. The number of hydrogen-bond donors (Lipinski definition) is 2. The van der Waals surface area contributed by atoms with Crippen LogP contribution in [0.3, 0.4) is 0 Å². The zero-order valence-electron chi connectivity index (χ0n) is 18.8. The average Bonchev–Trinajstić information content (AvgIpc) is 2.88. The lowest BCUT2D eigenvalue weighted by atomic mass is 10.1.